The van der Waals surface area contributed by atoms with Crippen LogP contribution in [0.5, 0.6) is 0 Å². The van der Waals surface area contributed by atoms with Crippen molar-refractivity contribution in [2.45, 2.75) is 13.8 Å². The molecule has 0 radical (unpaired) electrons. The average Bonchev–Trinajstić information content (AvgIpc) is 2.39. The number of quaternary nitrogens is 1. The van der Waals surface area contributed by atoms with Gasteiger partial charge in [0.1, 0.15) is 0 Å². The highest BCUT2D eigenvalue weighted by atomic mass is 127. The maximum atomic E-state index is 12.2. The van der Waals surface area contributed by atoms with Crippen molar-refractivity contribution in [3.8, 4) is 0 Å². The number of nitrogens with zero attached hydrogens (tertiary/aromatic N) is 3. The first-order valence-electron chi connectivity index (χ1n) is 7.28. The molecule has 1 aliphatic heterocycles. The van der Waals surface area contributed by atoms with Crippen LogP contribution in [0.2, 0.25) is 0 Å². The minimum absolute atomic E-state index is 0. The van der Waals surface area contributed by atoms with Gasteiger partial charge in [-0.2, -0.15) is 0 Å². The minimum Gasteiger partial charge on any atom is -1.00 e. The molecule has 0 saturated carbocycles. The number of hydrogen-bond acceptors (Lipinski definition) is 3. The molecule has 3 N–H and O–H groups in total. The lowest BCUT2D eigenvalue weighted by atomic mass is 10.2. The van der Waals surface area contributed by atoms with E-state index < -0.39 is 6.03 Å². The van der Waals surface area contributed by atoms with E-state index in [9.17, 15) is 14.4 Å². The summed E-state index contributed by atoms with van der Waals surface area (Å²) in [6, 6.07) is -0.783. The number of hydrogen-bond donors (Lipinski definition) is 2. The maximum absolute atomic E-state index is 12.2. The summed E-state index contributed by atoms with van der Waals surface area (Å²) in [5.74, 6) is -0.381. The Hall–Kier alpha value is -1.10. The van der Waals surface area contributed by atoms with Crippen LogP contribution >= 0.6 is 0 Å². The second-order valence-electron chi connectivity index (χ2n) is 5.58. The lowest BCUT2D eigenvalue weighted by Crippen LogP contribution is -3.00. The summed E-state index contributed by atoms with van der Waals surface area (Å²) in [6.07, 6.45) is 0. The smallest absolute Gasteiger partial charge is 0.320 e. The van der Waals surface area contributed by atoms with Crippen molar-refractivity contribution >= 4 is 18.0 Å². The summed E-state index contributed by atoms with van der Waals surface area (Å²) in [4.78, 5) is 38.1. The standard InChI is InChI=1S/C13H25N5O3.HI/c1-4-16(5-2)13(21)17-6-8-18(3,9-7-17)10-11(19)15-12(14)20;/h4-10H2,1-3H3,(H2-,14,15,19,20);1H. The molecule has 0 aromatic carbocycles. The number of halogens is 1. The topological polar surface area (TPSA) is 95.7 Å². The number of imide groups is 1. The van der Waals surface area contributed by atoms with Crippen LogP contribution in [0.25, 0.3) is 0 Å². The quantitative estimate of drug-likeness (QED) is 0.359. The van der Waals surface area contributed by atoms with Gasteiger partial charge in [0.2, 0.25) is 0 Å². The van der Waals surface area contributed by atoms with Crippen molar-refractivity contribution in [2.24, 2.45) is 5.73 Å². The van der Waals surface area contributed by atoms with Crippen molar-refractivity contribution < 1.29 is 42.8 Å². The van der Waals surface area contributed by atoms with Gasteiger partial charge >= 0.3 is 12.1 Å². The fourth-order valence-electron chi connectivity index (χ4n) is 2.52. The Morgan fingerprint density at radius 1 is 1.18 bits per heavy atom. The molecule has 1 aliphatic rings. The molecule has 9 heteroatoms. The Morgan fingerprint density at radius 3 is 2.09 bits per heavy atom. The van der Waals surface area contributed by atoms with Gasteiger partial charge in [-0.05, 0) is 13.8 Å². The number of carbonyl (C=O) groups is 3. The average molecular weight is 427 g/mol. The molecule has 5 amide bonds. The summed E-state index contributed by atoms with van der Waals surface area (Å²) < 4.78 is 0.501. The second-order valence-corrected chi connectivity index (χ2v) is 5.58. The molecule has 0 atom stereocenters. The third kappa shape index (κ3) is 5.95. The third-order valence-corrected chi connectivity index (χ3v) is 3.91. The number of carbonyl (C=O) groups excluding carboxylic acids is 3. The fourth-order valence-corrected chi connectivity index (χ4v) is 2.52. The zero-order valence-corrected chi connectivity index (χ0v) is 15.6. The van der Waals surface area contributed by atoms with Crippen LogP contribution in [0.15, 0.2) is 0 Å². The van der Waals surface area contributed by atoms with Crippen molar-refractivity contribution in [3.05, 3.63) is 0 Å². The van der Waals surface area contributed by atoms with Gasteiger partial charge in [-0.15, -0.1) is 0 Å². The van der Waals surface area contributed by atoms with E-state index in [1.165, 1.54) is 0 Å². The first-order chi connectivity index (χ1) is 9.81. The van der Waals surface area contributed by atoms with Crippen molar-refractivity contribution in [1.29, 1.82) is 0 Å². The fraction of sp³-hybridized carbons (Fsp3) is 0.769. The first kappa shape index (κ1) is 20.9. The predicted octanol–water partition coefficient (Wildman–Crippen LogP) is -3.59. The third-order valence-electron chi connectivity index (χ3n) is 3.91. The van der Waals surface area contributed by atoms with Gasteiger partial charge in [0.05, 0.1) is 33.2 Å². The molecule has 0 spiro atoms. The molecule has 0 aromatic rings. The van der Waals surface area contributed by atoms with Gasteiger partial charge in [0, 0.05) is 13.1 Å². The Bertz CT molecular complexity index is 406. The maximum Gasteiger partial charge on any atom is 0.320 e. The van der Waals surface area contributed by atoms with E-state index in [1.807, 2.05) is 25.8 Å². The lowest BCUT2D eigenvalue weighted by Gasteiger charge is -2.42. The SMILES string of the molecule is CCN(CC)C(=O)N1CC[N+](C)(CC(=O)NC(N)=O)CC1.[I-]. The molecular formula is C13H26IN5O3. The Labute approximate surface area is 148 Å². The molecule has 128 valence electrons. The van der Waals surface area contributed by atoms with Gasteiger partial charge in [-0.1, -0.05) is 0 Å². The number of amides is 5. The Morgan fingerprint density at radius 2 is 1.68 bits per heavy atom. The summed E-state index contributed by atoms with van der Waals surface area (Å²) in [5, 5.41) is 2.08. The van der Waals surface area contributed by atoms with Crippen LogP contribution in [0.4, 0.5) is 9.59 Å². The lowest BCUT2D eigenvalue weighted by molar-refractivity contribution is -0.905. The first-order valence-corrected chi connectivity index (χ1v) is 7.28. The highest BCUT2D eigenvalue weighted by Crippen LogP contribution is 2.11. The molecule has 1 saturated heterocycles. The van der Waals surface area contributed by atoms with E-state index in [2.05, 4.69) is 5.32 Å². The van der Waals surface area contributed by atoms with Crippen LogP contribution < -0.4 is 35.0 Å². The highest BCUT2D eigenvalue weighted by Gasteiger charge is 2.34. The number of piperazine rings is 1. The highest BCUT2D eigenvalue weighted by molar-refractivity contribution is 5.94. The van der Waals surface area contributed by atoms with E-state index in [-0.39, 0.29) is 42.5 Å². The number of primary amides is 1. The van der Waals surface area contributed by atoms with Crippen LogP contribution in [0, 0.1) is 0 Å². The summed E-state index contributed by atoms with van der Waals surface area (Å²) in [5.41, 5.74) is 4.93. The molecule has 0 unspecified atom stereocenters. The van der Waals surface area contributed by atoms with E-state index >= 15 is 0 Å². The Balaban J connectivity index is 0.00000441. The van der Waals surface area contributed by atoms with Gasteiger partial charge in [0.25, 0.3) is 5.91 Å². The largest absolute Gasteiger partial charge is 1.00 e. The number of nitrogens with two attached hydrogens (primary N) is 1. The number of nitrogens with one attached hydrogen (secondary N) is 1. The molecular weight excluding hydrogens is 401 g/mol. The van der Waals surface area contributed by atoms with Gasteiger partial charge < -0.3 is 44.0 Å². The van der Waals surface area contributed by atoms with E-state index in [1.54, 1.807) is 4.90 Å². The molecule has 1 rings (SSSR count). The monoisotopic (exact) mass is 427 g/mol. The second kappa shape index (κ2) is 9.13. The zero-order valence-electron chi connectivity index (χ0n) is 13.5. The van der Waals surface area contributed by atoms with Crippen LogP contribution in [0.1, 0.15) is 13.8 Å². The molecule has 8 nitrogen and oxygen atoms in total. The molecule has 1 fully saturated rings. The van der Waals surface area contributed by atoms with E-state index in [0.717, 1.165) is 0 Å². The zero-order chi connectivity index (χ0) is 16.0. The van der Waals surface area contributed by atoms with Gasteiger partial charge in [0.15, 0.2) is 6.54 Å². The van der Waals surface area contributed by atoms with Crippen molar-refractivity contribution in [2.75, 3.05) is 52.9 Å². The summed E-state index contributed by atoms with van der Waals surface area (Å²) in [7, 11) is 1.94. The predicted molar refractivity (Wildman–Crippen MR) is 78.4 cm³/mol. The van der Waals surface area contributed by atoms with E-state index in [4.69, 9.17) is 5.73 Å². The molecule has 0 aliphatic carbocycles. The number of rotatable bonds is 4. The van der Waals surface area contributed by atoms with Crippen molar-refractivity contribution in [1.82, 2.24) is 15.1 Å². The minimum atomic E-state index is -0.832. The normalized spacial score (nSPS) is 16.4. The Kier molecular flexibility index (Phi) is 8.68. The van der Waals surface area contributed by atoms with Crippen LogP contribution in [-0.4, -0.2) is 85.1 Å². The molecule has 0 aromatic heterocycles. The number of likely N-dealkylation sites (N-methyl/N-ethyl adjacent to an activating group) is 1. The van der Waals surface area contributed by atoms with Crippen LogP contribution in [-0.2, 0) is 4.79 Å². The number of urea groups is 2. The summed E-state index contributed by atoms with van der Waals surface area (Å²) >= 11 is 0. The van der Waals surface area contributed by atoms with Crippen LogP contribution in [0.3, 0.4) is 0 Å². The van der Waals surface area contributed by atoms with E-state index in [0.29, 0.717) is 43.8 Å². The summed E-state index contributed by atoms with van der Waals surface area (Å²) in [6.45, 7) is 8.07. The molecule has 22 heavy (non-hydrogen) atoms. The van der Waals surface area contributed by atoms with Gasteiger partial charge in [-0.25, -0.2) is 9.59 Å². The molecule has 1 heterocycles. The van der Waals surface area contributed by atoms with Gasteiger partial charge in [-0.3, -0.25) is 10.1 Å². The molecule has 0 bridgehead atoms. The van der Waals surface area contributed by atoms with Crippen molar-refractivity contribution in [3.63, 3.8) is 0 Å².